The molecular weight excluding hydrogens is 726 g/mol. The highest BCUT2D eigenvalue weighted by Crippen LogP contribution is 2.47. The van der Waals surface area contributed by atoms with Crippen LogP contribution in [0.15, 0.2) is 78.9 Å². The van der Waals surface area contributed by atoms with Crippen LogP contribution in [0.5, 0.6) is 17.2 Å². The van der Waals surface area contributed by atoms with Crippen molar-refractivity contribution in [2.24, 2.45) is 5.92 Å². The number of piperidine rings is 2. The monoisotopic (exact) mass is 773 g/mol. The molecule has 3 saturated heterocycles. The normalized spacial score (nSPS) is 22.9. The van der Waals surface area contributed by atoms with E-state index in [-0.39, 0.29) is 48.8 Å². The number of hydrogen-bond acceptors (Lipinski definition) is 9. The summed E-state index contributed by atoms with van der Waals surface area (Å²) >= 11 is 0. The van der Waals surface area contributed by atoms with E-state index in [4.69, 9.17) is 9.47 Å². The largest absolute Gasteiger partial charge is 0.508 e. The van der Waals surface area contributed by atoms with E-state index in [0.29, 0.717) is 36.9 Å². The van der Waals surface area contributed by atoms with E-state index in [1.54, 1.807) is 25.3 Å². The van der Waals surface area contributed by atoms with Crippen LogP contribution >= 0.6 is 0 Å². The Kier molecular flexibility index (Phi) is 9.98. The topological polar surface area (TPSA) is 115 Å². The summed E-state index contributed by atoms with van der Waals surface area (Å²) in [7, 11) is 1.68. The van der Waals surface area contributed by atoms with E-state index in [0.717, 1.165) is 73.8 Å². The molecule has 3 fully saturated rings. The standard InChI is InChI=1S/C45H48FN5O6/c1-56-34-4-2-3-30(21-34)37-27-57-41-23-33(52)9-10-35(41)43(37)29-5-7-32(8-6-29)49-15-13-28(14-16-49)25-48-17-19-50(20-18-48)40-22-31-26-51(45(55)36(31)24-38(40)46)39-11-12-42(53)47-44(39)54/h2-10,21-24,28,37,39,43,52H,11-20,25-27H2,1H3,(H,47,53,54)/t37-,39?,43-/m1/s1. The van der Waals surface area contributed by atoms with Crippen LogP contribution in [0.1, 0.15) is 70.1 Å². The van der Waals surface area contributed by atoms with Crippen LogP contribution in [-0.4, -0.2) is 98.2 Å². The summed E-state index contributed by atoms with van der Waals surface area (Å²) in [5.41, 5.74) is 6.16. The van der Waals surface area contributed by atoms with E-state index >= 15 is 4.39 Å². The molecule has 11 nitrogen and oxygen atoms in total. The molecule has 0 radical (unpaired) electrons. The van der Waals surface area contributed by atoms with Crippen LogP contribution in [0, 0.1) is 11.7 Å². The van der Waals surface area contributed by atoms with Crippen molar-refractivity contribution in [1.29, 1.82) is 0 Å². The summed E-state index contributed by atoms with van der Waals surface area (Å²) in [6.45, 7) is 6.81. The van der Waals surface area contributed by atoms with Crippen LogP contribution < -0.4 is 24.6 Å². The molecule has 2 N–H and O–H groups in total. The Labute approximate surface area is 331 Å². The zero-order valence-corrected chi connectivity index (χ0v) is 32.2. The zero-order chi connectivity index (χ0) is 39.2. The third-order valence-electron chi connectivity index (χ3n) is 12.7. The van der Waals surface area contributed by atoms with Gasteiger partial charge >= 0.3 is 0 Å². The Morgan fingerprint density at radius 2 is 1.65 bits per heavy atom. The highest BCUT2D eigenvalue weighted by molar-refractivity contribution is 6.05. The average Bonchev–Trinajstić information content (AvgIpc) is 3.54. The van der Waals surface area contributed by atoms with Crippen LogP contribution in [0.2, 0.25) is 0 Å². The molecule has 0 bridgehead atoms. The molecular formula is C45H48FN5O6. The van der Waals surface area contributed by atoms with E-state index < -0.39 is 17.8 Å². The number of benzene rings is 4. The minimum absolute atomic E-state index is 0.0560. The maximum Gasteiger partial charge on any atom is 0.255 e. The molecule has 1 unspecified atom stereocenters. The van der Waals surface area contributed by atoms with E-state index in [2.05, 4.69) is 56.4 Å². The number of carbonyl (C=O) groups is 3. The van der Waals surface area contributed by atoms with Gasteiger partial charge in [-0.3, -0.25) is 24.6 Å². The molecule has 4 aromatic carbocycles. The lowest BCUT2D eigenvalue weighted by atomic mass is 9.76. The maximum atomic E-state index is 15.5. The van der Waals surface area contributed by atoms with Gasteiger partial charge < -0.3 is 29.3 Å². The number of nitrogens with zero attached hydrogens (tertiary/aromatic N) is 4. The highest BCUT2D eigenvalue weighted by atomic mass is 19.1. The first-order valence-electron chi connectivity index (χ1n) is 20.1. The third-order valence-corrected chi connectivity index (χ3v) is 12.7. The van der Waals surface area contributed by atoms with Crippen molar-refractivity contribution in [1.82, 2.24) is 15.1 Å². The molecule has 57 heavy (non-hydrogen) atoms. The summed E-state index contributed by atoms with van der Waals surface area (Å²) in [6, 6.07) is 25.0. The van der Waals surface area contributed by atoms with Crippen molar-refractivity contribution in [3.63, 3.8) is 0 Å². The van der Waals surface area contributed by atoms with Gasteiger partial charge in [0.1, 0.15) is 29.1 Å². The summed E-state index contributed by atoms with van der Waals surface area (Å²) in [5.74, 6) is 0.879. The molecule has 3 amide bonds. The maximum absolute atomic E-state index is 15.5. The van der Waals surface area contributed by atoms with Crippen molar-refractivity contribution in [3.05, 3.63) is 112 Å². The molecule has 296 valence electrons. The van der Waals surface area contributed by atoms with Crippen LogP contribution in [0.4, 0.5) is 15.8 Å². The Hall–Kier alpha value is -5.62. The first-order chi connectivity index (χ1) is 27.7. The minimum atomic E-state index is -0.720. The minimum Gasteiger partial charge on any atom is -0.508 e. The fourth-order valence-electron chi connectivity index (χ4n) is 9.59. The number of piperazine rings is 1. The number of rotatable bonds is 8. The number of imide groups is 1. The number of ether oxygens (including phenoxy) is 2. The second-order valence-corrected chi connectivity index (χ2v) is 16.1. The molecule has 0 aliphatic carbocycles. The van der Waals surface area contributed by atoms with E-state index in [1.165, 1.54) is 22.2 Å². The summed E-state index contributed by atoms with van der Waals surface area (Å²) < 4.78 is 27.2. The van der Waals surface area contributed by atoms with Crippen molar-refractivity contribution in [3.8, 4) is 17.2 Å². The number of halogens is 1. The molecule has 5 aliphatic rings. The zero-order valence-electron chi connectivity index (χ0n) is 32.2. The summed E-state index contributed by atoms with van der Waals surface area (Å²) in [4.78, 5) is 45.7. The second kappa shape index (κ2) is 15.4. The van der Waals surface area contributed by atoms with Crippen LogP contribution in [0.3, 0.4) is 0 Å². The number of aromatic hydroxyl groups is 1. The highest BCUT2D eigenvalue weighted by Gasteiger charge is 2.40. The van der Waals surface area contributed by atoms with Crippen molar-refractivity contribution in [2.75, 3.05) is 69.3 Å². The smallest absolute Gasteiger partial charge is 0.255 e. The third kappa shape index (κ3) is 7.27. The van der Waals surface area contributed by atoms with Crippen LogP contribution in [0.25, 0.3) is 0 Å². The SMILES string of the molecule is COc1cccc([C@H]2COc3cc(O)ccc3[C@H]2c2ccc(N3CCC(CN4CCN(c5cc6c(cc5F)C(=O)N(C5CCC(=O)NC5=O)C6)CC4)CC3)cc2)c1. The number of phenols is 1. The number of fused-ring (bicyclic) bond motifs is 2. The first kappa shape index (κ1) is 37.0. The molecule has 0 spiro atoms. The number of phenolic OH excluding ortho intramolecular Hbond substituents is 1. The molecule has 0 saturated carbocycles. The Bertz CT molecular complexity index is 2180. The number of hydrogen-bond donors (Lipinski definition) is 2. The molecule has 0 aromatic heterocycles. The average molecular weight is 774 g/mol. The van der Waals surface area contributed by atoms with Gasteiger partial charge in [-0.1, -0.05) is 30.3 Å². The quantitative estimate of drug-likeness (QED) is 0.220. The lowest BCUT2D eigenvalue weighted by molar-refractivity contribution is -0.136. The van der Waals surface area contributed by atoms with Crippen molar-refractivity contribution in [2.45, 2.75) is 50.1 Å². The summed E-state index contributed by atoms with van der Waals surface area (Å²) in [5, 5.41) is 12.5. The van der Waals surface area contributed by atoms with Crippen molar-refractivity contribution < 1.29 is 33.4 Å². The molecule has 5 aliphatic heterocycles. The first-order valence-corrected chi connectivity index (χ1v) is 20.1. The summed E-state index contributed by atoms with van der Waals surface area (Å²) in [6.07, 6.45) is 2.67. The lowest BCUT2D eigenvalue weighted by Gasteiger charge is -2.40. The van der Waals surface area contributed by atoms with Gasteiger partial charge in [0.2, 0.25) is 11.8 Å². The van der Waals surface area contributed by atoms with Gasteiger partial charge in [0.25, 0.3) is 5.91 Å². The van der Waals surface area contributed by atoms with Gasteiger partial charge in [0, 0.05) is 93.5 Å². The van der Waals surface area contributed by atoms with Gasteiger partial charge in [0.15, 0.2) is 0 Å². The van der Waals surface area contributed by atoms with Gasteiger partial charge in [-0.05, 0) is 84.3 Å². The fraction of sp³-hybridized carbons (Fsp3) is 0.400. The fourth-order valence-corrected chi connectivity index (χ4v) is 9.59. The van der Waals surface area contributed by atoms with E-state index in [9.17, 15) is 19.5 Å². The van der Waals surface area contributed by atoms with Crippen LogP contribution in [-0.2, 0) is 16.1 Å². The number of amides is 3. The van der Waals surface area contributed by atoms with E-state index in [1.807, 2.05) is 18.2 Å². The van der Waals surface area contributed by atoms with Gasteiger partial charge in [-0.25, -0.2) is 4.39 Å². The van der Waals surface area contributed by atoms with Crippen molar-refractivity contribution >= 4 is 29.1 Å². The van der Waals surface area contributed by atoms with Gasteiger partial charge in [-0.15, -0.1) is 0 Å². The molecule has 12 heteroatoms. The molecule has 9 rings (SSSR count). The number of carbonyl (C=O) groups excluding carboxylic acids is 3. The Balaban J connectivity index is 0.796. The predicted molar refractivity (Wildman–Crippen MR) is 214 cm³/mol. The molecule has 4 aromatic rings. The molecule has 3 atom stereocenters. The van der Waals surface area contributed by atoms with Gasteiger partial charge in [-0.2, -0.15) is 0 Å². The number of methoxy groups -OCH3 is 1. The predicted octanol–water partition coefficient (Wildman–Crippen LogP) is 5.65. The Morgan fingerprint density at radius 1 is 0.860 bits per heavy atom. The number of nitrogens with one attached hydrogen (secondary N) is 1. The van der Waals surface area contributed by atoms with Gasteiger partial charge in [0.05, 0.1) is 19.4 Å². The molecule has 5 heterocycles. The Morgan fingerprint density at radius 3 is 2.40 bits per heavy atom. The lowest BCUT2D eigenvalue weighted by Crippen LogP contribution is -2.52. The second-order valence-electron chi connectivity index (χ2n) is 16.1. The number of anilines is 2.